The molecule has 0 atom stereocenters. The molecule has 1 amide bonds. The fourth-order valence-electron chi connectivity index (χ4n) is 2.47. The number of fused-ring (bicyclic) bond motifs is 1. The molecule has 0 bridgehead atoms. The van der Waals surface area contributed by atoms with Gasteiger partial charge in [0.15, 0.2) is 0 Å². The van der Waals surface area contributed by atoms with Gasteiger partial charge in [-0.15, -0.1) is 11.3 Å². The van der Waals surface area contributed by atoms with Crippen LogP contribution in [0.4, 0.5) is 17.1 Å². The first kappa shape index (κ1) is 16.5. The Balaban J connectivity index is 1.86. The standard InChI is InChI=1S/C16H17N3O3S2/c1-11-9-14-15(19(3)24(21,22)18(14)2)10-13(11)17-16(20)7-6-12-5-4-8-23-12/h4-10H,1-3H3,(H,17,20). The lowest BCUT2D eigenvalue weighted by molar-refractivity contribution is -0.111. The summed E-state index contributed by atoms with van der Waals surface area (Å²) >= 11 is 1.55. The van der Waals surface area contributed by atoms with Crippen molar-refractivity contribution in [1.29, 1.82) is 0 Å². The molecule has 0 spiro atoms. The van der Waals surface area contributed by atoms with Gasteiger partial charge in [0.2, 0.25) is 5.91 Å². The van der Waals surface area contributed by atoms with Crippen molar-refractivity contribution in [3.63, 3.8) is 0 Å². The number of anilines is 3. The quantitative estimate of drug-likeness (QED) is 0.853. The Labute approximate surface area is 145 Å². The molecule has 0 fully saturated rings. The predicted molar refractivity (Wildman–Crippen MR) is 98.9 cm³/mol. The van der Waals surface area contributed by atoms with Crippen LogP contribution in [0.3, 0.4) is 0 Å². The topological polar surface area (TPSA) is 69.7 Å². The number of hydrogen-bond donors (Lipinski definition) is 1. The summed E-state index contributed by atoms with van der Waals surface area (Å²) in [5, 5.41) is 4.74. The number of benzene rings is 1. The SMILES string of the molecule is Cc1cc2c(cc1NC(=O)C=Cc1cccs1)N(C)S(=O)(=O)N2C. The maximum atomic E-state index is 12.2. The molecule has 1 aromatic heterocycles. The van der Waals surface area contributed by atoms with E-state index in [1.54, 1.807) is 29.5 Å². The van der Waals surface area contributed by atoms with Gasteiger partial charge in [0.1, 0.15) is 0 Å². The van der Waals surface area contributed by atoms with Gasteiger partial charge < -0.3 is 5.32 Å². The molecule has 24 heavy (non-hydrogen) atoms. The Morgan fingerprint density at radius 1 is 1.21 bits per heavy atom. The Bertz CT molecular complexity index is 918. The summed E-state index contributed by atoms with van der Waals surface area (Å²) in [6.45, 7) is 1.83. The fraction of sp³-hybridized carbons (Fsp3) is 0.188. The normalized spacial score (nSPS) is 15.8. The molecular weight excluding hydrogens is 346 g/mol. The Morgan fingerprint density at radius 3 is 2.50 bits per heavy atom. The number of carbonyl (C=O) groups excluding carboxylic acids is 1. The molecule has 0 saturated carbocycles. The van der Waals surface area contributed by atoms with E-state index in [0.29, 0.717) is 17.1 Å². The first-order valence-electron chi connectivity index (χ1n) is 7.20. The Kier molecular flexibility index (Phi) is 4.10. The van der Waals surface area contributed by atoms with Crippen LogP contribution in [0.5, 0.6) is 0 Å². The second-order valence-corrected chi connectivity index (χ2v) is 8.41. The first-order valence-corrected chi connectivity index (χ1v) is 9.48. The molecule has 0 radical (unpaired) electrons. The number of amides is 1. The lowest BCUT2D eigenvalue weighted by Crippen LogP contribution is -2.32. The van der Waals surface area contributed by atoms with Gasteiger partial charge in [-0.05, 0) is 42.1 Å². The minimum absolute atomic E-state index is 0.261. The van der Waals surface area contributed by atoms with Gasteiger partial charge in [-0.1, -0.05) is 6.07 Å². The number of hydrogen-bond acceptors (Lipinski definition) is 4. The summed E-state index contributed by atoms with van der Waals surface area (Å²) in [4.78, 5) is 13.1. The van der Waals surface area contributed by atoms with Gasteiger partial charge in [-0.2, -0.15) is 8.42 Å². The largest absolute Gasteiger partial charge is 0.326 e. The van der Waals surface area contributed by atoms with Crippen LogP contribution in [0.15, 0.2) is 35.7 Å². The molecule has 8 heteroatoms. The van der Waals surface area contributed by atoms with Crippen molar-refractivity contribution >= 4 is 50.6 Å². The zero-order valence-electron chi connectivity index (χ0n) is 13.5. The number of nitrogens with zero attached hydrogens (tertiary/aromatic N) is 2. The third-order valence-electron chi connectivity index (χ3n) is 3.89. The van der Waals surface area contributed by atoms with Crippen LogP contribution in [0.25, 0.3) is 6.08 Å². The summed E-state index contributed by atoms with van der Waals surface area (Å²) in [6, 6.07) is 7.28. The van der Waals surface area contributed by atoms with Crippen LogP contribution in [-0.2, 0) is 15.0 Å². The van der Waals surface area contributed by atoms with E-state index in [0.717, 1.165) is 10.4 Å². The average Bonchev–Trinajstić information content (AvgIpc) is 3.10. The van der Waals surface area contributed by atoms with Crippen LogP contribution in [-0.4, -0.2) is 28.4 Å². The lowest BCUT2D eigenvalue weighted by Gasteiger charge is -2.13. The second-order valence-electron chi connectivity index (χ2n) is 5.44. The van der Waals surface area contributed by atoms with E-state index in [1.165, 1.54) is 28.8 Å². The molecule has 2 heterocycles. The van der Waals surface area contributed by atoms with Gasteiger partial charge in [0.25, 0.3) is 0 Å². The molecule has 0 saturated heterocycles. The van der Waals surface area contributed by atoms with E-state index >= 15 is 0 Å². The van der Waals surface area contributed by atoms with Crippen molar-refractivity contribution in [2.75, 3.05) is 28.0 Å². The van der Waals surface area contributed by atoms with E-state index < -0.39 is 10.2 Å². The molecule has 1 aliphatic heterocycles. The molecule has 1 aliphatic rings. The molecule has 2 aromatic rings. The van der Waals surface area contributed by atoms with Crippen molar-refractivity contribution in [3.05, 3.63) is 46.2 Å². The highest BCUT2D eigenvalue weighted by molar-refractivity contribution is 7.94. The van der Waals surface area contributed by atoms with Gasteiger partial charge in [0, 0.05) is 30.7 Å². The van der Waals surface area contributed by atoms with Gasteiger partial charge in [-0.25, -0.2) is 0 Å². The predicted octanol–water partition coefficient (Wildman–Crippen LogP) is 2.84. The molecule has 1 N–H and O–H groups in total. The third-order valence-corrected chi connectivity index (χ3v) is 6.51. The lowest BCUT2D eigenvalue weighted by atomic mass is 10.1. The zero-order valence-corrected chi connectivity index (χ0v) is 15.1. The number of aryl methyl sites for hydroxylation is 1. The van der Waals surface area contributed by atoms with E-state index in [-0.39, 0.29) is 5.91 Å². The van der Waals surface area contributed by atoms with Crippen molar-refractivity contribution in [2.24, 2.45) is 0 Å². The summed E-state index contributed by atoms with van der Waals surface area (Å²) in [7, 11) is -0.515. The number of rotatable bonds is 3. The summed E-state index contributed by atoms with van der Waals surface area (Å²) in [5.74, 6) is -0.261. The van der Waals surface area contributed by atoms with E-state index in [4.69, 9.17) is 0 Å². The molecule has 0 aliphatic carbocycles. The maximum Gasteiger partial charge on any atom is 0.326 e. The minimum atomic E-state index is -3.52. The monoisotopic (exact) mass is 363 g/mol. The zero-order chi connectivity index (χ0) is 17.5. The molecule has 3 rings (SSSR count). The third kappa shape index (κ3) is 2.78. The van der Waals surface area contributed by atoms with Crippen molar-refractivity contribution < 1.29 is 13.2 Å². The van der Waals surface area contributed by atoms with Crippen LogP contribution in [0, 0.1) is 6.92 Å². The summed E-state index contributed by atoms with van der Waals surface area (Å²) < 4.78 is 26.8. The van der Waals surface area contributed by atoms with Crippen molar-refractivity contribution in [2.45, 2.75) is 6.92 Å². The molecule has 1 aromatic carbocycles. The molecule has 0 unspecified atom stereocenters. The second kappa shape index (κ2) is 5.95. The minimum Gasteiger partial charge on any atom is -0.322 e. The number of nitrogens with one attached hydrogen (secondary N) is 1. The molecule has 6 nitrogen and oxygen atoms in total. The van der Waals surface area contributed by atoms with E-state index in [1.807, 2.05) is 24.4 Å². The van der Waals surface area contributed by atoms with Crippen LogP contribution in [0.2, 0.25) is 0 Å². The first-order chi connectivity index (χ1) is 11.3. The average molecular weight is 363 g/mol. The highest BCUT2D eigenvalue weighted by atomic mass is 32.2. The Morgan fingerprint density at radius 2 is 1.88 bits per heavy atom. The summed E-state index contributed by atoms with van der Waals surface area (Å²) in [6.07, 6.45) is 3.21. The van der Waals surface area contributed by atoms with Gasteiger partial charge in [-0.3, -0.25) is 13.4 Å². The highest BCUT2D eigenvalue weighted by Gasteiger charge is 2.35. The van der Waals surface area contributed by atoms with Gasteiger partial charge in [0.05, 0.1) is 11.4 Å². The molecule has 126 valence electrons. The smallest absolute Gasteiger partial charge is 0.322 e. The fourth-order valence-corrected chi connectivity index (χ4v) is 4.25. The van der Waals surface area contributed by atoms with Crippen LogP contribution in [0.1, 0.15) is 10.4 Å². The highest BCUT2D eigenvalue weighted by Crippen LogP contribution is 2.41. The van der Waals surface area contributed by atoms with E-state index in [9.17, 15) is 13.2 Å². The molecular formula is C16H17N3O3S2. The van der Waals surface area contributed by atoms with Gasteiger partial charge >= 0.3 is 10.2 Å². The Hall–Kier alpha value is -2.32. The van der Waals surface area contributed by atoms with Crippen molar-refractivity contribution in [3.8, 4) is 0 Å². The van der Waals surface area contributed by atoms with E-state index in [2.05, 4.69) is 5.32 Å². The van der Waals surface area contributed by atoms with Crippen molar-refractivity contribution in [1.82, 2.24) is 0 Å². The van der Waals surface area contributed by atoms with Crippen LogP contribution >= 0.6 is 11.3 Å². The maximum absolute atomic E-state index is 12.2. The summed E-state index contributed by atoms with van der Waals surface area (Å²) in [5.41, 5.74) is 2.53. The number of carbonyl (C=O) groups is 1. The number of thiophene rings is 1. The van der Waals surface area contributed by atoms with Crippen LogP contribution < -0.4 is 13.9 Å².